The Morgan fingerprint density at radius 1 is 1.32 bits per heavy atom. The van der Waals surface area contributed by atoms with Crippen LogP contribution in [0.3, 0.4) is 0 Å². The molecule has 1 amide bonds. The third-order valence-corrected chi connectivity index (χ3v) is 7.13. The Bertz CT molecular complexity index is 1350. The van der Waals surface area contributed by atoms with Gasteiger partial charge in [0.2, 0.25) is 11.9 Å². The molecule has 2 aliphatic rings. The zero-order valence-corrected chi connectivity index (χ0v) is 21.5. The van der Waals surface area contributed by atoms with Gasteiger partial charge in [-0.2, -0.15) is 0 Å². The minimum atomic E-state index is -0.426. The van der Waals surface area contributed by atoms with Crippen molar-refractivity contribution >= 4 is 40.4 Å². The maximum absolute atomic E-state index is 13.1. The molecule has 3 aromatic rings. The number of amides is 1. The maximum Gasteiger partial charge on any atom is 0.246 e. The van der Waals surface area contributed by atoms with E-state index in [-0.39, 0.29) is 24.0 Å². The Balaban J connectivity index is 1.63. The number of nitrogens with zero attached hydrogens (tertiary/aromatic N) is 5. The fraction of sp³-hybridized carbons (Fsp3) is 0.407. The normalized spacial score (nSPS) is 20.7. The summed E-state index contributed by atoms with van der Waals surface area (Å²) in [5.74, 6) is 0.219. The second kappa shape index (κ2) is 10.9. The molecule has 2 fully saturated rings. The highest BCUT2D eigenvalue weighted by molar-refractivity contribution is 6.36. The Morgan fingerprint density at radius 3 is 2.95 bits per heavy atom. The van der Waals surface area contributed by atoms with E-state index in [2.05, 4.69) is 16.6 Å². The molecule has 9 nitrogen and oxygen atoms in total. The van der Waals surface area contributed by atoms with Crippen molar-refractivity contribution in [2.75, 3.05) is 26.3 Å². The van der Waals surface area contributed by atoms with Crippen LogP contribution in [0.2, 0.25) is 5.02 Å². The van der Waals surface area contributed by atoms with E-state index in [1.54, 1.807) is 29.3 Å². The number of fused-ring (bicyclic) bond motifs is 1. The van der Waals surface area contributed by atoms with E-state index in [1.165, 1.54) is 6.08 Å². The van der Waals surface area contributed by atoms with E-state index in [1.807, 2.05) is 17.6 Å². The van der Waals surface area contributed by atoms with E-state index < -0.39 is 5.90 Å². The van der Waals surface area contributed by atoms with Crippen molar-refractivity contribution in [2.45, 2.75) is 44.8 Å². The molecule has 0 radical (unpaired) electrons. The van der Waals surface area contributed by atoms with Gasteiger partial charge in [-0.3, -0.25) is 9.78 Å². The second-order valence-electron chi connectivity index (χ2n) is 9.37. The fourth-order valence-electron chi connectivity index (χ4n) is 4.91. The lowest BCUT2D eigenvalue weighted by atomic mass is 10.1. The van der Waals surface area contributed by atoms with Crippen molar-refractivity contribution in [3.05, 3.63) is 59.4 Å². The van der Waals surface area contributed by atoms with Gasteiger partial charge in [0.25, 0.3) is 0 Å². The highest BCUT2D eigenvalue weighted by Gasteiger charge is 2.28. The molecule has 0 bridgehead atoms. The first kappa shape index (κ1) is 25.2. The van der Waals surface area contributed by atoms with Gasteiger partial charge in [0.05, 0.1) is 30.3 Å². The van der Waals surface area contributed by atoms with Crippen molar-refractivity contribution in [2.24, 2.45) is 4.99 Å². The molecule has 0 saturated carbocycles. The molecule has 2 atom stereocenters. The number of rotatable bonds is 6. The largest absolute Gasteiger partial charge is 0.858 e. The van der Waals surface area contributed by atoms with Crippen LogP contribution in [0.4, 0.5) is 5.95 Å². The van der Waals surface area contributed by atoms with E-state index in [0.29, 0.717) is 53.7 Å². The minimum absolute atomic E-state index is 0.0782. The van der Waals surface area contributed by atoms with Gasteiger partial charge in [0.15, 0.2) is 0 Å². The van der Waals surface area contributed by atoms with Crippen LogP contribution < -0.4 is 9.84 Å². The molecule has 2 aromatic heterocycles. The standard InChI is InChI=1S/C27H30ClN5O4/c1-3-23(34)32-12-5-4-6-19(15-32)33-25-21(7-8-22(24(25)28)37-20-10-13-36-16-20)30-27(33)31-26(35)18-9-11-29-17(2)14-18/h3,7-9,11,14,19-20H,1,4-6,10,12-13,15-16H2,2H3,(H,30,31,35)/p-1/t19-,20-/m1/s1. The number of carbonyl (C=O) groups is 1. The van der Waals surface area contributed by atoms with Crippen molar-refractivity contribution in [1.29, 1.82) is 0 Å². The maximum atomic E-state index is 13.1. The van der Waals surface area contributed by atoms with Gasteiger partial charge in [0, 0.05) is 31.4 Å². The monoisotopic (exact) mass is 522 g/mol. The molecule has 0 unspecified atom stereocenters. The number of pyridine rings is 1. The number of imidazole rings is 1. The van der Waals surface area contributed by atoms with E-state index in [4.69, 9.17) is 26.1 Å². The Labute approximate surface area is 220 Å². The summed E-state index contributed by atoms with van der Waals surface area (Å²) in [6.45, 7) is 7.70. The van der Waals surface area contributed by atoms with Crippen molar-refractivity contribution in [3.8, 4) is 5.75 Å². The quantitative estimate of drug-likeness (QED) is 0.277. The van der Waals surface area contributed by atoms with Crippen LogP contribution in [0.1, 0.15) is 43.0 Å². The second-order valence-corrected chi connectivity index (χ2v) is 9.75. The van der Waals surface area contributed by atoms with Crippen LogP contribution in [0.25, 0.3) is 11.0 Å². The molecule has 0 spiro atoms. The summed E-state index contributed by atoms with van der Waals surface area (Å²) in [4.78, 5) is 27.6. The summed E-state index contributed by atoms with van der Waals surface area (Å²) >= 11 is 6.94. The smallest absolute Gasteiger partial charge is 0.246 e. The first-order valence-electron chi connectivity index (χ1n) is 12.5. The van der Waals surface area contributed by atoms with Gasteiger partial charge < -0.3 is 24.0 Å². The Hall–Kier alpha value is -3.43. The third-order valence-electron chi connectivity index (χ3n) is 6.76. The first-order chi connectivity index (χ1) is 17.9. The zero-order valence-electron chi connectivity index (χ0n) is 20.7. The van der Waals surface area contributed by atoms with Crippen LogP contribution >= 0.6 is 11.6 Å². The predicted molar refractivity (Wildman–Crippen MR) is 139 cm³/mol. The summed E-state index contributed by atoms with van der Waals surface area (Å²) in [6, 6.07) is 6.75. The number of ether oxygens (including phenoxy) is 2. The third kappa shape index (κ3) is 5.33. The van der Waals surface area contributed by atoms with Crippen molar-refractivity contribution in [3.63, 3.8) is 0 Å². The molecule has 2 saturated heterocycles. The van der Waals surface area contributed by atoms with E-state index in [0.717, 1.165) is 31.4 Å². The molecule has 2 aliphatic heterocycles. The first-order valence-corrected chi connectivity index (χ1v) is 12.9. The van der Waals surface area contributed by atoms with Crippen molar-refractivity contribution in [1.82, 2.24) is 19.4 Å². The Morgan fingerprint density at radius 2 is 2.19 bits per heavy atom. The number of aromatic nitrogens is 3. The SMILES string of the molecule is C=CC(=O)N1CCCC[C@@H](n2c(/N=C(\[O-])c3ccnc(C)c3)nc3ccc(O[C@@H]4CCOC4)c(Cl)c32)C1. The lowest BCUT2D eigenvalue weighted by Gasteiger charge is -2.26. The molecule has 37 heavy (non-hydrogen) atoms. The molecule has 0 aliphatic carbocycles. The number of halogens is 1. The van der Waals surface area contributed by atoms with Crippen molar-refractivity contribution < 1.29 is 19.4 Å². The van der Waals surface area contributed by atoms with Crippen LogP contribution in [-0.4, -0.2) is 63.6 Å². The predicted octanol–water partition coefficient (Wildman–Crippen LogP) is 3.74. The van der Waals surface area contributed by atoms with Crippen LogP contribution in [-0.2, 0) is 9.53 Å². The average Bonchev–Trinajstić information content (AvgIpc) is 3.46. The number of benzene rings is 1. The van der Waals surface area contributed by atoms with Gasteiger partial charge in [-0.25, -0.2) is 9.98 Å². The zero-order chi connectivity index (χ0) is 25.9. The minimum Gasteiger partial charge on any atom is -0.858 e. The number of aryl methyl sites for hydroxylation is 1. The molecule has 10 heteroatoms. The molecule has 194 valence electrons. The van der Waals surface area contributed by atoms with Gasteiger partial charge in [-0.1, -0.05) is 18.2 Å². The van der Waals surface area contributed by atoms with Crippen LogP contribution in [0, 0.1) is 6.92 Å². The Kier molecular flexibility index (Phi) is 7.43. The van der Waals surface area contributed by atoms with E-state index >= 15 is 0 Å². The number of hydrogen-bond acceptors (Lipinski definition) is 7. The summed E-state index contributed by atoms with van der Waals surface area (Å²) in [5.41, 5.74) is 2.38. The molecule has 4 heterocycles. The topological polar surface area (TPSA) is 105 Å². The van der Waals surface area contributed by atoms with Gasteiger partial charge in [0.1, 0.15) is 16.9 Å². The fourth-order valence-corrected chi connectivity index (χ4v) is 5.21. The molecular formula is C27H29ClN5O4-. The summed E-state index contributed by atoms with van der Waals surface area (Å²) < 4.78 is 13.5. The van der Waals surface area contributed by atoms with Crippen LogP contribution in [0.15, 0.2) is 48.1 Å². The number of carbonyl (C=O) groups excluding carboxylic acids is 1. The molecule has 5 rings (SSSR count). The lowest BCUT2D eigenvalue weighted by Crippen LogP contribution is -2.34. The summed E-state index contributed by atoms with van der Waals surface area (Å²) in [5, 5.41) is 13.5. The molecular weight excluding hydrogens is 494 g/mol. The number of aliphatic imine (C=N–C) groups is 1. The van der Waals surface area contributed by atoms with Gasteiger partial charge >= 0.3 is 0 Å². The highest BCUT2D eigenvalue weighted by atomic mass is 35.5. The van der Waals surface area contributed by atoms with Gasteiger partial charge in [-0.05, 0) is 68.0 Å². The van der Waals surface area contributed by atoms with Crippen LogP contribution in [0.5, 0.6) is 5.75 Å². The van der Waals surface area contributed by atoms with E-state index in [9.17, 15) is 9.90 Å². The van der Waals surface area contributed by atoms with Gasteiger partial charge in [-0.15, -0.1) is 0 Å². The summed E-state index contributed by atoms with van der Waals surface area (Å²) in [6.07, 6.45) is 6.16. The average molecular weight is 523 g/mol. The molecule has 0 N–H and O–H groups in total. The highest BCUT2D eigenvalue weighted by Crippen LogP contribution is 2.40. The molecule has 1 aromatic carbocycles. The number of hydrogen-bond donors (Lipinski definition) is 0. The summed E-state index contributed by atoms with van der Waals surface area (Å²) in [7, 11) is 0. The lowest BCUT2D eigenvalue weighted by molar-refractivity contribution is -0.212. The number of likely N-dealkylation sites (tertiary alicyclic amines) is 1.